The van der Waals surface area contributed by atoms with Crippen LogP contribution in [0.3, 0.4) is 0 Å². The molecule has 0 aliphatic carbocycles. The van der Waals surface area contributed by atoms with Crippen molar-refractivity contribution in [1.29, 1.82) is 0 Å². The highest BCUT2D eigenvalue weighted by Gasteiger charge is 2.45. The summed E-state index contributed by atoms with van der Waals surface area (Å²) in [6, 6.07) is 2.43. The number of hydrogen-bond acceptors (Lipinski definition) is 1. The Morgan fingerprint density at radius 2 is 1.68 bits per heavy atom. The molecule has 105 valence electrons. The zero-order chi connectivity index (χ0) is 14.3. The number of alkyl halides is 6. The van der Waals surface area contributed by atoms with Crippen molar-refractivity contribution in [1.82, 2.24) is 0 Å². The van der Waals surface area contributed by atoms with E-state index in [-0.39, 0.29) is 13.0 Å². The van der Waals surface area contributed by atoms with E-state index in [0.717, 1.165) is 12.1 Å². The Morgan fingerprint density at radius 1 is 1.00 bits per heavy atom. The minimum Gasteiger partial charge on any atom is -0.373 e. The lowest BCUT2D eigenvalue weighted by Gasteiger charge is -2.21. The van der Waals surface area contributed by atoms with Gasteiger partial charge in [-0.1, -0.05) is 12.1 Å². The summed E-state index contributed by atoms with van der Waals surface area (Å²) in [5, 5.41) is 0. The topological polar surface area (TPSA) is 9.23 Å². The SMILES string of the molecule is FC(F)(F)c1cccc(C2C[CH]CO2)c1C(F)(F)F. The van der Waals surface area contributed by atoms with Crippen LogP contribution in [-0.2, 0) is 17.1 Å². The standard InChI is InChI=1S/C12H9F6O/c13-11(14,15)8-4-1-3-7(9-5-2-6-19-9)10(8)12(16,17)18/h1-4,9H,5-6H2. The lowest BCUT2D eigenvalue weighted by atomic mass is 9.95. The van der Waals surface area contributed by atoms with E-state index in [1.807, 2.05) is 0 Å². The summed E-state index contributed by atoms with van der Waals surface area (Å²) in [6.07, 6.45) is -9.34. The van der Waals surface area contributed by atoms with Crippen molar-refractivity contribution in [3.63, 3.8) is 0 Å². The second-order valence-corrected chi connectivity index (χ2v) is 4.11. The third kappa shape index (κ3) is 2.86. The molecule has 1 nitrogen and oxygen atoms in total. The molecule has 0 bridgehead atoms. The van der Waals surface area contributed by atoms with E-state index in [9.17, 15) is 26.3 Å². The Labute approximate surface area is 105 Å². The molecule has 7 heteroatoms. The molecule has 1 saturated heterocycles. The minimum atomic E-state index is -5.08. The summed E-state index contributed by atoms with van der Waals surface area (Å²) in [4.78, 5) is 0. The normalized spacial score (nSPS) is 20.8. The minimum absolute atomic E-state index is 0.137. The Bertz CT molecular complexity index is 456. The molecule has 19 heavy (non-hydrogen) atoms. The van der Waals surface area contributed by atoms with E-state index in [0.29, 0.717) is 6.07 Å². The van der Waals surface area contributed by atoms with Gasteiger partial charge in [-0.2, -0.15) is 26.3 Å². The predicted octanol–water partition coefficient (Wildman–Crippen LogP) is 4.39. The second kappa shape index (κ2) is 4.70. The second-order valence-electron chi connectivity index (χ2n) is 4.11. The van der Waals surface area contributed by atoms with Gasteiger partial charge in [0.25, 0.3) is 0 Å². The first-order valence-corrected chi connectivity index (χ1v) is 5.42. The van der Waals surface area contributed by atoms with Crippen LogP contribution in [0.15, 0.2) is 18.2 Å². The molecule has 0 amide bonds. The van der Waals surface area contributed by atoms with Gasteiger partial charge in [0.15, 0.2) is 0 Å². The molecule has 1 fully saturated rings. The first-order valence-electron chi connectivity index (χ1n) is 5.42. The van der Waals surface area contributed by atoms with E-state index in [4.69, 9.17) is 4.74 Å². The van der Waals surface area contributed by atoms with Crippen LogP contribution in [0.1, 0.15) is 29.2 Å². The summed E-state index contributed by atoms with van der Waals surface area (Å²) < 4.78 is 81.9. The van der Waals surface area contributed by atoms with Crippen molar-refractivity contribution in [2.75, 3.05) is 6.61 Å². The molecule has 1 unspecified atom stereocenters. The predicted molar refractivity (Wildman–Crippen MR) is 54.1 cm³/mol. The molecule has 1 aromatic rings. The van der Waals surface area contributed by atoms with Crippen LogP contribution in [0.5, 0.6) is 0 Å². The number of rotatable bonds is 1. The maximum Gasteiger partial charge on any atom is 0.417 e. The van der Waals surface area contributed by atoms with Crippen molar-refractivity contribution < 1.29 is 31.1 Å². The molecular formula is C12H9F6O. The maximum absolute atomic E-state index is 12.9. The van der Waals surface area contributed by atoms with Gasteiger partial charge >= 0.3 is 12.4 Å². The highest BCUT2D eigenvalue weighted by molar-refractivity contribution is 5.41. The van der Waals surface area contributed by atoms with Crippen LogP contribution in [-0.4, -0.2) is 6.61 Å². The van der Waals surface area contributed by atoms with Gasteiger partial charge in [-0.25, -0.2) is 0 Å². The molecule has 1 heterocycles. The number of hydrogen-bond donors (Lipinski definition) is 0. The summed E-state index contributed by atoms with van der Waals surface area (Å²) in [5.74, 6) is 0. The molecule has 0 spiro atoms. The molecule has 1 aliphatic rings. The van der Waals surface area contributed by atoms with Crippen LogP contribution in [0.4, 0.5) is 26.3 Å². The van der Waals surface area contributed by atoms with Crippen LogP contribution < -0.4 is 0 Å². The third-order valence-electron chi connectivity index (χ3n) is 2.83. The van der Waals surface area contributed by atoms with Gasteiger partial charge in [-0.05, 0) is 24.5 Å². The molecule has 1 aliphatic heterocycles. The Hall–Kier alpha value is -1.24. The van der Waals surface area contributed by atoms with Crippen molar-refractivity contribution in [2.45, 2.75) is 24.9 Å². The van der Waals surface area contributed by atoms with E-state index in [1.54, 1.807) is 6.42 Å². The van der Waals surface area contributed by atoms with Gasteiger partial charge in [-0.3, -0.25) is 0 Å². The van der Waals surface area contributed by atoms with Crippen molar-refractivity contribution in [2.24, 2.45) is 0 Å². The van der Waals surface area contributed by atoms with Gasteiger partial charge in [0.2, 0.25) is 0 Å². The molecular weight excluding hydrogens is 274 g/mol. The first-order chi connectivity index (χ1) is 8.71. The number of benzene rings is 1. The van der Waals surface area contributed by atoms with E-state index < -0.39 is 35.1 Å². The Balaban J connectivity index is 2.60. The molecule has 0 N–H and O–H groups in total. The Kier molecular flexibility index (Phi) is 3.51. The molecule has 1 radical (unpaired) electrons. The van der Waals surface area contributed by atoms with E-state index >= 15 is 0 Å². The zero-order valence-electron chi connectivity index (χ0n) is 9.48. The average molecular weight is 283 g/mol. The van der Waals surface area contributed by atoms with Gasteiger partial charge in [0.1, 0.15) is 0 Å². The molecule has 1 atom stereocenters. The number of ether oxygens (including phenoxy) is 1. The quantitative estimate of drug-likeness (QED) is 0.694. The third-order valence-corrected chi connectivity index (χ3v) is 2.83. The van der Waals surface area contributed by atoms with Gasteiger partial charge in [0, 0.05) is 0 Å². The summed E-state index contributed by atoms with van der Waals surface area (Å²) in [5.41, 5.74) is -3.79. The lowest BCUT2D eigenvalue weighted by Crippen LogP contribution is -2.20. The van der Waals surface area contributed by atoms with E-state index in [1.165, 1.54) is 0 Å². The molecule has 1 aromatic carbocycles. The van der Waals surface area contributed by atoms with Crippen LogP contribution >= 0.6 is 0 Å². The molecule has 2 rings (SSSR count). The monoisotopic (exact) mass is 283 g/mol. The van der Waals surface area contributed by atoms with Gasteiger partial charge < -0.3 is 4.74 Å². The Morgan fingerprint density at radius 3 is 2.16 bits per heavy atom. The largest absolute Gasteiger partial charge is 0.417 e. The maximum atomic E-state index is 12.9. The van der Waals surface area contributed by atoms with Crippen LogP contribution in [0.25, 0.3) is 0 Å². The van der Waals surface area contributed by atoms with Crippen LogP contribution in [0.2, 0.25) is 0 Å². The van der Waals surface area contributed by atoms with E-state index in [2.05, 4.69) is 0 Å². The fraction of sp³-hybridized carbons (Fsp3) is 0.417. The molecule has 0 aromatic heterocycles. The first kappa shape index (κ1) is 14.2. The molecule has 0 saturated carbocycles. The van der Waals surface area contributed by atoms with Crippen LogP contribution in [0, 0.1) is 6.42 Å². The fourth-order valence-electron chi connectivity index (χ4n) is 2.08. The highest BCUT2D eigenvalue weighted by Crippen LogP contribution is 2.45. The van der Waals surface area contributed by atoms with Crippen molar-refractivity contribution in [3.05, 3.63) is 41.3 Å². The lowest BCUT2D eigenvalue weighted by molar-refractivity contribution is -0.163. The summed E-state index contributed by atoms with van der Waals surface area (Å²) >= 11 is 0. The zero-order valence-corrected chi connectivity index (χ0v) is 9.48. The van der Waals surface area contributed by atoms with Crippen molar-refractivity contribution in [3.8, 4) is 0 Å². The summed E-state index contributed by atoms with van der Waals surface area (Å²) in [7, 11) is 0. The fourth-order valence-corrected chi connectivity index (χ4v) is 2.08. The van der Waals surface area contributed by atoms with Crippen molar-refractivity contribution >= 4 is 0 Å². The smallest absolute Gasteiger partial charge is 0.373 e. The average Bonchev–Trinajstić information content (AvgIpc) is 2.79. The summed E-state index contributed by atoms with van der Waals surface area (Å²) in [6.45, 7) is 0.137. The number of halogens is 6. The van der Waals surface area contributed by atoms with Gasteiger partial charge in [0.05, 0.1) is 23.8 Å². The van der Waals surface area contributed by atoms with Gasteiger partial charge in [-0.15, -0.1) is 0 Å². The highest BCUT2D eigenvalue weighted by atomic mass is 19.4.